The molecular formula is C12H19BrN4. The fraction of sp³-hybridized carbons (Fsp3) is 0.583. The summed E-state index contributed by atoms with van der Waals surface area (Å²) in [6, 6.07) is 1.92. The molecule has 0 radical (unpaired) electrons. The van der Waals surface area contributed by atoms with E-state index in [1.807, 2.05) is 6.07 Å². The molecule has 94 valence electrons. The van der Waals surface area contributed by atoms with Crippen LogP contribution in [0.15, 0.2) is 16.7 Å². The van der Waals surface area contributed by atoms with Crippen LogP contribution >= 0.6 is 15.9 Å². The Bertz CT molecular complexity index is 375. The first kappa shape index (κ1) is 12.6. The highest BCUT2D eigenvalue weighted by Crippen LogP contribution is 2.26. The first-order valence-corrected chi connectivity index (χ1v) is 6.88. The highest BCUT2D eigenvalue weighted by molar-refractivity contribution is 9.10. The number of anilines is 2. The average Bonchev–Trinajstić information content (AvgIpc) is 2.31. The van der Waals surface area contributed by atoms with Gasteiger partial charge in [0.1, 0.15) is 5.82 Å². The summed E-state index contributed by atoms with van der Waals surface area (Å²) in [7, 11) is 0. The van der Waals surface area contributed by atoms with Crippen LogP contribution in [0.25, 0.3) is 0 Å². The molecule has 0 unspecified atom stereocenters. The van der Waals surface area contributed by atoms with E-state index in [4.69, 9.17) is 5.73 Å². The maximum Gasteiger partial charge on any atom is 0.143 e. The molecule has 17 heavy (non-hydrogen) atoms. The molecule has 1 fully saturated rings. The van der Waals surface area contributed by atoms with E-state index >= 15 is 0 Å². The highest BCUT2D eigenvalue weighted by atomic mass is 79.9. The smallest absolute Gasteiger partial charge is 0.143 e. The minimum Gasteiger partial charge on any atom is -0.397 e. The van der Waals surface area contributed by atoms with Crippen molar-refractivity contribution in [3.8, 4) is 0 Å². The Hall–Kier alpha value is -0.810. The zero-order valence-electron chi connectivity index (χ0n) is 10.2. The zero-order chi connectivity index (χ0) is 12.3. The van der Waals surface area contributed by atoms with Crippen molar-refractivity contribution in [1.29, 1.82) is 0 Å². The van der Waals surface area contributed by atoms with Gasteiger partial charge in [0.05, 0.1) is 16.4 Å². The van der Waals surface area contributed by atoms with Crippen LogP contribution in [0.2, 0.25) is 0 Å². The largest absolute Gasteiger partial charge is 0.397 e. The topological polar surface area (TPSA) is 45.4 Å². The van der Waals surface area contributed by atoms with Gasteiger partial charge in [-0.1, -0.05) is 6.92 Å². The average molecular weight is 299 g/mol. The summed E-state index contributed by atoms with van der Waals surface area (Å²) in [4.78, 5) is 9.22. The minimum atomic E-state index is 0.699. The monoisotopic (exact) mass is 298 g/mol. The van der Waals surface area contributed by atoms with Crippen LogP contribution in [0, 0.1) is 0 Å². The van der Waals surface area contributed by atoms with Gasteiger partial charge in [0, 0.05) is 26.2 Å². The summed E-state index contributed by atoms with van der Waals surface area (Å²) in [5.74, 6) is 1.01. The second kappa shape index (κ2) is 5.69. The predicted octanol–water partition coefficient (Wildman–Crippen LogP) is 1.96. The summed E-state index contributed by atoms with van der Waals surface area (Å²) < 4.78 is 0.987. The van der Waals surface area contributed by atoms with E-state index in [1.54, 1.807) is 6.20 Å². The normalized spacial score (nSPS) is 17.4. The maximum absolute atomic E-state index is 5.70. The summed E-state index contributed by atoms with van der Waals surface area (Å²) in [6.45, 7) is 7.73. The molecule has 2 rings (SSSR count). The third-order valence-corrected chi connectivity index (χ3v) is 3.64. The molecule has 2 N–H and O–H groups in total. The van der Waals surface area contributed by atoms with E-state index in [-0.39, 0.29) is 0 Å². The second-order valence-electron chi connectivity index (χ2n) is 4.40. The number of rotatable bonds is 3. The third-order valence-electron chi connectivity index (χ3n) is 3.05. The predicted molar refractivity (Wildman–Crippen MR) is 75.3 cm³/mol. The lowest BCUT2D eigenvalue weighted by atomic mass is 10.3. The Kier molecular flexibility index (Phi) is 4.23. The lowest BCUT2D eigenvalue weighted by Crippen LogP contribution is -2.46. The van der Waals surface area contributed by atoms with Gasteiger partial charge in [-0.3, -0.25) is 4.90 Å². The van der Waals surface area contributed by atoms with Crippen molar-refractivity contribution in [2.45, 2.75) is 13.3 Å². The van der Waals surface area contributed by atoms with Gasteiger partial charge >= 0.3 is 0 Å². The zero-order valence-corrected chi connectivity index (χ0v) is 11.8. The Morgan fingerprint density at radius 2 is 2.06 bits per heavy atom. The van der Waals surface area contributed by atoms with Gasteiger partial charge in [0.15, 0.2) is 0 Å². The number of halogens is 1. The van der Waals surface area contributed by atoms with E-state index in [0.717, 1.165) is 36.5 Å². The van der Waals surface area contributed by atoms with Crippen LogP contribution in [-0.4, -0.2) is 42.6 Å². The van der Waals surface area contributed by atoms with Crippen LogP contribution in [0.5, 0.6) is 0 Å². The third kappa shape index (κ3) is 3.10. The Labute approximate surface area is 111 Å². The minimum absolute atomic E-state index is 0.699. The van der Waals surface area contributed by atoms with Gasteiger partial charge in [0.25, 0.3) is 0 Å². The lowest BCUT2D eigenvalue weighted by Gasteiger charge is -2.35. The van der Waals surface area contributed by atoms with Gasteiger partial charge in [0.2, 0.25) is 0 Å². The first-order chi connectivity index (χ1) is 8.20. The molecule has 0 spiro atoms. The van der Waals surface area contributed by atoms with Crippen molar-refractivity contribution in [3.05, 3.63) is 16.7 Å². The van der Waals surface area contributed by atoms with Crippen molar-refractivity contribution in [2.75, 3.05) is 43.4 Å². The van der Waals surface area contributed by atoms with Crippen molar-refractivity contribution in [1.82, 2.24) is 9.88 Å². The molecule has 0 atom stereocenters. The molecule has 4 nitrogen and oxygen atoms in total. The summed E-state index contributed by atoms with van der Waals surface area (Å²) >= 11 is 3.53. The number of nitrogens with zero attached hydrogens (tertiary/aromatic N) is 3. The van der Waals surface area contributed by atoms with Crippen molar-refractivity contribution < 1.29 is 0 Å². The molecule has 1 aliphatic heterocycles. The van der Waals surface area contributed by atoms with Gasteiger partial charge in [-0.15, -0.1) is 0 Å². The number of hydrogen-bond donors (Lipinski definition) is 1. The summed E-state index contributed by atoms with van der Waals surface area (Å²) in [6.07, 6.45) is 2.95. The van der Waals surface area contributed by atoms with E-state index < -0.39 is 0 Å². The molecule has 2 heterocycles. The molecule has 0 aromatic carbocycles. The van der Waals surface area contributed by atoms with Gasteiger partial charge in [-0.05, 0) is 35.0 Å². The fourth-order valence-corrected chi connectivity index (χ4v) is 2.80. The number of piperazine rings is 1. The molecule has 0 amide bonds. The first-order valence-electron chi connectivity index (χ1n) is 6.09. The number of nitrogen functional groups attached to an aromatic ring is 1. The number of aromatic nitrogens is 1. The van der Waals surface area contributed by atoms with E-state index in [2.05, 4.69) is 37.6 Å². The molecule has 0 aliphatic carbocycles. The van der Waals surface area contributed by atoms with Crippen LogP contribution in [0.4, 0.5) is 11.5 Å². The van der Waals surface area contributed by atoms with Crippen molar-refractivity contribution >= 4 is 27.4 Å². The number of hydrogen-bond acceptors (Lipinski definition) is 4. The van der Waals surface area contributed by atoms with Gasteiger partial charge in [-0.2, -0.15) is 0 Å². The molecular weight excluding hydrogens is 280 g/mol. The molecule has 1 saturated heterocycles. The van der Waals surface area contributed by atoms with Crippen LogP contribution in [0.1, 0.15) is 13.3 Å². The van der Waals surface area contributed by atoms with Gasteiger partial charge in [-0.25, -0.2) is 4.98 Å². The molecule has 0 saturated carbocycles. The van der Waals surface area contributed by atoms with E-state index in [9.17, 15) is 0 Å². The highest BCUT2D eigenvalue weighted by Gasteiger charge is 2.18. The molecule has 5 heteroatoms. The van der Waals surface area contributed by atoms with E-state index in [0.29, 0.717) is 5.69 Å². The second-order valence-corrected chi connectivity index (χ2v) is 5.26. The molecule has 1 aromatic heterocycles. The van der Waals surface area contributed by atoms with Crippen molar-refractivity contribution in [2.24, 2.45) is 0 Å². The quantitative estimate of drug-likeness (QED) is 0.927. The van der Waals surface area contributed by atoms with Crippen LogP contribution in [0.3, 0.4) is 0 Å². The Balaban J connectivity index is 2.00. The lowest BCUT2D eigenvalue weighted by molar-refractivity contribution is 0.258. The van der Waals surface area contributed by atoms with Gasteiger partial charge < -0.3 is 10.6 Å². The SMILES string of the molecule is CCCN1CCN(c2ncc(N)cc2Br)CC1. The van der Waals surface area contributed by atoms with Crippen molar-refractivity contribution in [3.63, 3.8) is 0 Å². The Morgan fingerprint density at radius 3 is 2.65 bits per heavy atom. The summed E-state index contributed by atoms with van der Waals surface area (Å²) in [5, 5.41) is 0. The molecule has 0 bridgehead atoms. The summed E-state index contributed by atoms with van der Waals surface area (Å²) in [5.41, 5.74) is 6.40. The Morgan fingerprint density at radius 1 is 1.35 bits per heavy atom. The number of nitrogens with two attached hydrogens (primary N) is 1. The van der Waals surface area contributed by atoms with E-state index in [1.165, 1.54) is 13.0 Å². The van der Waals surface area contributed by atoms with Crippen LogP contribution < -0.4 is 10.6 Å². The van der Waals surface area contributed by atoms with Crippen LogP contribution in [-0.2, 0) is 0 Å². The molecule has 1 aliphatic rings. The fourth-order valence-electron chi connectivity index (χ4n) is 2.18. The molecule has 1 aromatic rings. The standard InChI is InChI=1S/C12H19BrN4/c1-2-3-16-4-6-17(7-5-16)12-11(13)8-10(14)9-15-12/h8-9H,2-7,14H2,1H3. The number of pyridine rings is 1. The maximum atomic E-state index is 5.70.